The van der Waals surface area contributed by atoms with Gasteiger partial charge in [-0.2, -0.15) is 0 Å². The zero-order valence-electron chi connectivity index (χ0n) is 25.6. The first-order chi connectivity index (χ1) is 22.3. The lowest BCUT2D eigenvalue weighted by molar-refractivity contribution is 0.745. The maximum absolute atomic E-state index is 2.44. The molecule has 2 heteroatoms. The van der Waals surface area contributed by atoms with Crippen LogP contribution in [0, 0.1) is 6.92 Å². The van der Waals surface area contributed by atoms with Crippen molar-refractivity contribution >= 4 is 38.9 Å². The van der Waals surface area contributed by atoms with E-state index in [-0.39, 0.29) is 0 Å². The fourth-order valence-electron chi connectivity index (χ4n) is 7.12. The highest BCUT2D eigenvalue weighted by Gasteiger charge is 2.36. The van der Waals surface area contributed by atoms with Crippen molar-refractivity contribution in [2.24, 2.45) is 0 Å². The van der Waals surface area contributed by atoms with Crippen LogP contribution in [0.1, 0.15) is 29.9 Å². The molecule has 2 aliphatic carbocycles. The van der Waals surface area contributed by atoms with Crippen molar-refractivity contribution in [2.45, 2.75) is 31.7 Å². The number of benzene rings is 5. The summed E-state index contributed by atoms with van der Waals surface area (Å²) < 4.78 is 2.41. The molecule has 0 saturated heterocycles. The number of hydrogen-bond donors (Lipinski definition) is 0. The molecule has 0 fully saturated rings. The van der Waals surface area contributed by atoms with Crippen molar-refractivity contribution < 1.29 is 0 Å². The average molecular weight is 581 g/mol. The molecule has 0 N–H and O–H groups in total. The van der Waals surface area contributed by atoms with E-state index in [1.54, 1.807) is 0 Å². The molecule has 3 aliphatic rings. The highest BCUT2D eigenvalue weighted by atomic mass is 15.2. The van der Waals surface area contributed by atoms with Gasteiger partial charge in [0.25, 0.3) is 0 Å². The molecule has 5 aromatic carbocycles. The average Bonchev–Trinajstić information content (AvgIpc) is 3.62. The summed E-state index contributed by atoms with van der Waals surface area (Å²) in [6, 6.07) is 44.2. The van der Waals surface area contributed by atoms with E-state index in [4.69, 9.17) is 0 Å². The van der Waals surface area contributed by atoms with E-state index in [9.17, 15) is 0 Å². The van der Waals surface area contributed by atoms with Gasteiger partial charge in [-0.1, -0.05) is 133 Å². The minimum Gasteiger partial charge on any atom is -0.333 e. The molecule has 1 aromatic heterocycles. The summed E-state index contributed by atoms with van der Waals surface area (Å²) in [5.74, 6) is 0.474. The highest BCUT2D eigenvalue weighted by Crippen LogP contribution is 2.47. The van der Waals surface area contributed by atoms with E-state index in [2.05, 4.69) is 180 Å². The molecular weight excluding hydrogens is 544 g/mol. The SMILES string of the molecule is C1=CC2c3ccccc3N(c3ccccc3)C2C=C1.Cc1ccc(-c2ccc3c4ccccc4n(C4=CCCC=C4)c3c2)cc1. The Kier molecular flexibility index (Phi) is 7.04. The fraction of sp³-hybridized carbons (Fsp3) is 0.116. The van der Waals surface area contributed by atoms with E-state index < -0.39 is 0 Å². The van der Waals surface area contributed by atoms with Crippen molar-refractivity contribution in [1.29, 1.82) is 0 Å². The largest absolute Gasteiger partial charge is 0.333 e. The van der Waals surface area contributed by atoms with Crippen LogP contribution in [0.15, 0.2) is 164 Å². The summed E-state index contributed by atoms with van der Waals surface area (Å²) in [7, 11) is 0. The second-order valence-electron chi connectivity index (χ2n) is 12.1. The topological polar surface area (TPSA) is 8.17 Å². The number of para-hydroxylation sites is 3. The molecule has 2 heterocycles. The Hall–Kier alpha value is -5.34. The molecule has 6 aromatic rings. The van der Waals surface area contributed by atoms with Gasteiger partial charge in [0, 0.05) is 33.8 Å². The van der Waals surface area contributed by atoms with Gasteiger partial charge in [0.1, 0.15) is 0 Å². The number of allylic oxidation sites excluding steroid dienone is 6. The number of rotatable bonds is 3. The van der Waals surface area contributed by atoms with E-state index in [0.717, 1.165) is 12.8 Å². The van der Waals surface area contributed by atoms with Crippen molar-refractivity contribution in [2.75, 3.05) is 4.90 Å². The molecule has 0 saturated carbocycles. The number of hydrogen-bond acceptors (Lipinski definition) is 1. The highest BCUT2D eigenvalue weighted by molar-refractivity contribution is 6.11. The third-order valence-corrected chi connectivity index (χ3v) is 9.29. The first kappa shape index (κ1) is 27.2. The Bertz CT molecular complexity index is 2120. The lowest BCUT2D eigenvalue weighted by Gasteiger charge is -2.28. The van der Waals surface area contributed by atoms with Gasteiger partial charge in [-0.25, -0.2) is 0 Å². The number of fused-ring (bicyclic) bond motifs is 6. The second kappa shape index (κ2) is 11.6. The minimum atomic E-state index is 0.407. The summed E-state index contributed by atoms with van der Waals surface area (Å²) in [4.78, 5) is 2.44. The van der Waals surface area contributed by atoms with Gasteiger partial charge >= 0.3 is 0 Å². The molecule has 1 aliphatic heterocycles. The maximum atomic E-state index is 2.44. The summed E-state index contributed by atoms with van der Waals surface area (Å²) in [5, 5.41) is 2.63. The fourth-order valence-corrected chi connectivity index (χ4v) is 7.12. The van der Waals surface area contributed by atoms with Gasteiger partial charge in [0.15, 0.2) is 0 Å². The molecule has 9 rings (SSSR count). The van der Waals surface area contributed by atoms with Crippen LogP contribution in [0.5, 0.6) is 0 Å². The maximum Gasteiger partial charge on any atom is 0.0629 e. The summed E-state index contributed by atoms with van der Waals surface area (Å²) >= 11 is 0. The molecule has 45 heavy (non-hydrogen) atoms. The normalized spacial score (nSPS) is 18.0. The van der Waals surface area contributed by atoms with Crippen LogP contribution in [-0.2, 0) is 0 Å². The molecule has 218 valence electrons. The Morgan fingerprint density at radius 3 is 2.20 bits per heavy atom. The van der Waals surface area contributed by atoms with Crippen LogP contribution < -0.4 is 4.90 Å². The minimum absolute atomic E-state index is 0.407. The van der Waals surface area contributed by atoms with E-state index >= 15 is 0 Å². The van der Waals surface area contributed by atoms with Gasteiger partial charge in [-0.05, 0) is 72.9 Å². The van der Waals surface area contributed by atoms with Crippen LogP contribution in [-0.4, -0.2) is 10.6 Å². The molecule has 0 amide bonds. The van der Waals surface area contributed by atoms with Gasteiger partial charge in [0.2, 0.25) is 0 Å². The van der Waals surface area contributed by atoms with Crippen LogP contribution in [0.4, 0.5) is 11.4 Å². The van der Waals surface area contributed by atoms with Gasteiger partial charge < -0.3 is 9.47 Å². The zero-order chi connectivity index (χ0) is 30.2. The molecule has 0 radical (unpaired) electrons. The molecule has 0 bridgehead atoms. The summed E-state index contributed by atoms with van der Waals surface area (Å²) in [6.45, 7) is 2.13. The number of nitrogens with zero attached hydrogens (tertiary/aromatic N) is 2. The van der Waals surface area contributed by atoms with Crippen molar-refractivity contribution in [1.82, 2.24) is 4.57 Å². The summed E-state index contributed by atoms with van der Waals surface area (Å²) in [6.07, 6.45) is 18.1. The van der Waals surface area contributed by atoms with Crippen LogP contribution in [0.25, 0.3) is 38.6 Å². The first-order valence-electron chi connectivity index (χ1n) is 16.0. The monoisotopic (exact) mass is 580 g/mol. The third-order valence-electron chi connectivity index (χ3n) is 9.29. The Labute approximate surface area is 265 Å². The molecule has 2 nitrogen and oxygen atoms in total. The van der Waals surface area contributed by atoms with Gasteiger partial charge in [-0.15, -0.1) is 0 Å². The third kappa shape index (κ3) is 4.93. The smallest absolute Gasteiger partial charge is 0.0629 e. The van der Waals surface area contributed by atoms with Crippen LogP contribution >= 0.6 is 0 Å². The van der Waals surface area contributed by atoms with Crippen molar-refractivity contribution in [3.63, 3.8) is 0 Å². The molecule has 2 atom stereocenters. The Morgan fingerprint density at radius 2 is 1.36 bits per heavy atom. The first-order valence-corrected chi connectivity index (χ1v) is 16.0. The second-order valence-corrected chi connectivity index (χ2v) is 12.1. The van der Waals surface area contributed by atoms with Crippen molar-refractivity contribution in [3.8, 4) is 11.1 Å². The van der Waals surface area contributed by atoms with Crippen LogP contribution in [0.3, 0.4) is 0 Å². The van der Waals surface area contributed by atoms with Gasteiger partial charge in [-0.3, -0.25) is 0 Å². The van der Waals surface area contributed by atoms with Gasteiger partial charge in [0.05, 0.1) is 17.1 Å². The van der Waals surface area contributed by atoms with E-state index in [0.29, 0.717) is 12.0 Å². The lowest BCUT2D eigenvalue weighted by Crippen LogP contribution is -2.28. The summed E-state index contributed by atoms with van der Waals surface area (Å²) in [5.41, 5.74) is 11.7. The predicted octanol–water partition coefficient (Wildman–Crippen LogP) is 11.4. The molecule has 0 spiro atoms. The molecular formula is C43H36N2. The van der Waals surface area contributed by atoms with E-state index in [1.807, 2.05) is 0 Å². The van der Waals surface area contributed by atoms with E-state index in [1.165, 1.54) is 61.1 Å². The predicted molar refractivity (Wildman–Crippen MR) is 192 cm³/mol. The standard InChI is InChI=1S/C25H21N.C18H15N/c1-18-11-13-19(14-12-18)20-15-16-23-22-9-5-6-10-24(22)26(25(23)17-20)21-7-3-2-4-8-21;1-2-8-14(9-3-1)19-17-12-6-4-10-15(17)16-11-5-7-13-18(16)19/h3,5-17H,2,4H2,1H3;1-13,15,17H. The van der Waals surface area contributed by atoms with Crippen LogP contribution in [0.2, 0.25) is 0 Å². The number of anilines is 2. The van der Waals surface area contributed by atoms with Crippen molar-refractivity contribution in [3.05, 3.63) is 175 Å². The molecule has 2 unspecified atom stereocenters. The number of aromatic nitrogens is 1. The zero-order valence-corrected chi connectivity index (χ0v) is 25.6. The number of aryl methyl sites for hydroxylation is 1. The quantitative estimate of drug-likeness (QED) is 0.202. The lowest BCUT2D eigenvalue weighted by atomic mass is 9.91. The Balaban J connectivity index is 0.000000140. The Morgan fingerprint density at radius 1 is 0.622 bits per heavy atom.